The highest BCUT2D eigenvalue weighted by atomic mass is 79.9. The van der Waals surface area contributed by atoms with E-state index in [1.54, 1.807) is 0 Å². The van der Waals surface area contributed by atoms with Gasteiger partial charge in [-0.05, 0) is 45.8 Å². The number of nitrogens with zero attached hydrogens (tertiary/aromatic N) is 1. The van der Waals surface area contributed by atoms with Crippen LogP contribution in [0.5, 0.6) is 0 Å². The number of hydrogen-bond acceptors (Lipinski definition) is 3. The second kappa shape index (κ2) is 6.82. The molecule has 0 aliphatic heterocycles. The Hall–Kier alpha value is -1.20. The van der Waals surface area contributed by atoms with Crippen molar-refractivity contribution in [1.82, 2.24) is 4.98 Å². The van der Waals surface area contributed by atoms with E-state index in [9.17, 15) is 4.79 Å². The number of ether oxygens (including phenoxy) is 1. The molecule has 1 aromatic heterocycles. The minimum Gasteiger partial charge on any atom is -0.459 e. The van der Waals surface area contributed by atoms with Crippen molar-refractivity contribution in [3.63, 3.8) is 0 Å². The second-order valence-corrected chi connectivity index (χ2v) is 5.64. The van der Waals surface area contributed by atoms with Crippen LogP contribution in [0.4, 0.5) is 0 Å². The standard InChI is InChI=1S/C14H11Br2NO2/c15-11-6-4-10(5-7-11)8-14(18)19-9-12-2-1-3-13(16)17-12/h1-7H,8-9H2. The van der Waals surface area contributed by atoms with Gasteiger partial charge in [0.05, 0.1) is 12.1 Å². The Balaban J connectivity index is 1.86. The topological polar surface area (TPSA) is 39.2 Å². The van der Waals surface area contributed by atoms with E-state index < -0.39 is 0 Å². The van der Waals surface area contributed by atoms with Gasteiger partial charge in [-0.25, -0.2) is 4.98 Å². The zero-order chi connectivity index (χ0) is 13.7. The molecule has 5 heteroatoms. The van der Waals surface area contributed by atoms with Crippen molar-refractivity contribution >= 4 is 37.8 Å². The summed E-state index contributed by atoms with van der Waals surface area (Å²) in [5.74, 6) is -0.260. The number of aromatic nitrogens is 1. The van der Waals surface area contributed by atoms with Gasteiger partial charge in [0.15, 0.2) is 0 Å². The van der Waals surface area contributed by atoms with E-state index in [2.05, 4.69) is 36.8 Å². The summed E-state index contributed by atoms with van der Waals surface area (Å²) < 4.78 is 6.90. The molecule has 0 radical (unpaired) electrons. The molecular formula is C14H11Br2NO2. The van der Waals surface area contributed by atoms with Crippen molar-refractivity contribution in [2.75, 3.05) is 0 Å². The average molecular weight is 385 g/mol. The fourth-order valence-electron chi connectivity index (χ4n) is 1.51. The molecule has 0 fully saturated rings. The molecular weight excluding hydrogens is 374 g/mol. The normalized spacial score (nSPS) is 10.2. The molecule has 0 aliphatic carbocycles. The molecule has 3 nitrogen and oxygen atoms in total. The molecule has 98 valence electrons. The Morgan fingerprint density at radius 1 is 1.11 bits per heavy atom. The third-order valence-electron chi connectivity index (χ3n) is 2.42. The van der Waals surface area contributed by atoms with Crippen LogP contribution in [-0.2, 0) is 22.6 Å². The molecule has 1 aromatic carbocycles. The highest BCUT2D eigenvalue weighted by molar-refractivity contribution is 9.10. The van der Waals surface area contributed by atoms with Crippen molar-refractivity contribution in [2.45, 2.75) is 13.0 Å². The Kier molecular flexibility index (Phi) is 5.10. The van der Waals surface area contributed by atoms with Gasteiger partial charge in [-0.1, -0.05) is 34.1 Å². The smallest absolute Gasteiger partial charge is 0.310 e. The van der Waals surface area contributed by atoms with Crippen LogP contribution in [0.15, 0.2) is 51.5 Å². The van der Waals surface area contributed by atoms with Gasteiger partial charge in [0, 0.05) is 4.47 Å². The molecule has 0 aliphatic rings. The number of hydrogen-bond donors (Lipinski definition) is 0. The maximum Gasteiger partial charge on any atom is 0.310 e. The summed E-state index contributed by atoms with van der Waals surface area (Å²) in [6.45, 7) is 0.189. The van der Waals surface area contributed by atoms with Crippen LogP contribution < -0.4 is 0 Å². The number of benzene rings is 1. The number of halogens is 2. The van der Waals surface area contributed by atoms with Gasteiger partial charge in [0.25, 0.3) is 0 Å². The van der Waals surface area contributed by atoms with Gasteiger partial charge < -0.3 is 4.74 Å². The minimum atomic E-state index is -0.260. The van der Waals surface area contributed by atoms with Gasteiger partial charge in [0.2, 0.25) is 0 Å². The first-order chi connectivity index (χ1) is 9.13. The molecule has 2 rings (SSSR count). The maximum absolute atomic E-state index is 11.7. The third kappa shape index (κ3) is 4.76. The van der Waals surface area contributed by atoms with E-state index >= 15 is 0 Å². The Morgan fingerprint density at radius 3 is 2.53 bits per heavy atom. The lowest BCUT2D eigenvalue weighted by Gasteiger charge is -2.05. The zero-order valence-electron chi connectivity index (χ0n) is 9.98. The lowest BCUT2D eigenvalue weighted by atomic mass is 10.2. The van der Waals surface area contributed by atoms with Crippen LogP contribution in [0, 0.1) is 0 Å². The lowest BCUT2D eigenvalue weighted by Crippen LogP contribution is -2.08. The molecule has 0 amide bonds. The van der Waals surface area contributed by atoms with Crippen LogP contribution >= 0.6 is 31.9 Å². The van der Waals surface area contributed by atoms with Gasteiger partial charge >= 0.3 is 5.97 Å². The van der Waals surface area contributed by atoms with E-state index in [0.29, 0.717) is 0 Å². The van der Waals surface area contributed by atoms with E-state index in [1.165, 1.54) is 0 Å². The molecule has 0 bridgehead atoms. The molecule has 19 heavy (non-hydrogen) atoms. The van der Waals surface area contributed by atoms with E-state index in [-0.39, 0.29) is 19.0 Å². The number of carbonyl (C=O) groups is 1. The molecule has 0 saturated heterocycles. The highest BCUT2D eigenvalue weighted by Gasteiger charge is 2.06. The average Bonchev–Trinajstić information content (AvgIpc) is 2.39. The summed E-state index contributed by atoms with van der Waals surface area (Å²) in [7, 11) is 0. The fraction of sp³-hybridized carbons (Fsp3) is 0.143. The minimum absolute atomic E-state index is 0.189. The summed E-state index contributed by atoms with van der Waals surface area (Å²) >= 11 is 6.62. The maximum atomic E-state index is 11.7. The van der Waals surface area contributed by atoms with Crippen LogP contribution in [0.3, 0.4) is 0 Å². The van der Waals surface area contributed by atoms with Crippen LogP contribution in [0.1, 0.15) is 11.3 Å². The molecule has 1 heterocycles. The van der Waals surface area contributed by atoms with Crippen molar-refractivity contribution in [3.8, 4) is 0 Å². The molecule has 0 atom stereocenters. The van der Waals surface area contributed by atoms with Crippen LogP contribution in [-0.4, -0.2) is 11.0 Å². The van der Waals surface area contributed by atoms with Crippen molar-refractivity contribution < 1.29 is 9.53 Å². The Morgan fingerprint density at radius 2 is 1.84 bits per heavy atom. The first-order valence-corrected chi connectivity index (χ1v) is 7.23. The first-order valence-electron chi connectivity index (χ1n) is 5.65. The summed E-state index contributed by atoms with van der Waals surface area (Å²) in [6, 6.07) is 13.1. The van der Waals surface area contributed by atoms with Gasteiger partial charge in [-0.3, -0.25) is 4.79 Å². The zero-order valence-corrected chi connectivity index (χ0v) is 13.1. The van der Waals surface area contributed by atoms with E-state index in [1.807, 2.05) is 42.5 Å². The van der Waals surface area contributed by atoms with Gasteiger partial charge in [-0.15, -0.1) is 0 Å². The molecule has 0 unspecified atom stereocenters. The Labute approximate surface area is 128 Å². The number of rotatable bonds is 4. The number of esters is 1. The van der Waals surface area contributed by atoms with Gasteiger partial charge in [0.1, 0.15) is 11.2 Å². The van der Waals surface area contributed by atoms with Gasteiger partial charge in [-0.2, -0.15) is 0 Å². The molecule has 0 N–H and O–H groups in total. The van der Waals surface area contributed by atoms with Crippen molar-refractivity contribution in [2.24, 2.45) is 0 Å². The van der Waals surface area contributed by atoms with Crippen molar-refractivity contribution in [1.29, 1.82) is 0 Å². The van der Waals surface area contributed by atoms with E-state index in [4.69, 9.17) is 4.74 Å². The Bertz CT molecular complexity index is 570. The number of carbonyl (C=O) groups excluding carboxylic acids is 1. The quantitative estimate of drug-likeness (QED) is 0.592. The van der Waals surface area contributed by atoms with Crippen LogP contribution in [0.2, 0.25) is 0 Å². The molecule has 0 spiro atoms. The summed E-state index contributed by atoms with van der Waals surface area (Å²) in [4.78, 5) is 15.9. The largest absolute Gasteiger partial charge is 0.459 e. The van der Waals surface area contributed by atoms with E-state index in [0.717, 1.165) is 20.3 Å². The SMILES string of the molecule is O=C(Cc1ccc(Br)cc1)OCc1cccc(Br)n1. The second-order valence-electron chi connectivity index (χ2n) is 3.92. The predicted molar refractivity (Wildman–Crippen MR) is 79.6 cm³/mol. The molecule has 2 aromatic rings. The predicted octanol–water partition coefficient (Wildman–Crippen LogP) is 3.89. The van der Waals surface area contributed by atoms with Crippen molar-refractivity contribution in [3.05, 3.63) is 62.8 Å². The summed E-state index contributed by atoms with van der Waals surface area (Å²) in [5.41, 5.74) is 1.65. The highest BCUT2D eigenvalue weighted by Crippen LogP contribution is 2.12. The first kappa shape index (κ1) is 14.2. The number of pyridine rings is 1. The lowest BCUT2D eigenvalue weighted by molar-refractivity contribution is -0.144. The molecule has 0 saturated carbocycles. The van der Waals surface area contributed by atoms with Crippen LogP contribution in [0.25, 0.3) is 0 Å². The monoisotopic (exact) mass is 383 g/mol. The summed E-state index contributed by atoms with van der Waals surface area (Å²) in [6.07, 6.45) is 0.265. The fourth-order valence-corrected chi connectivity index (χ4v) is 2.15. The summed E-state index contributed by atoms with van der Waals surface area (Å²) in [5, 5.41) is 0. The third-order valence-corrected chi connectivity index (χ3v) is 3.39.